The number of thioether (sulfide) groups is 1. The topological polar surface area (TPSA) is 134 Å². The monoisotopic (exact) mass is 710 g/mol. The Labute approximate surface area is 304 Å². The molecule has 260 valence electrons. The Morgan fingerprint density at radius 2 is 1.38 bits per heavy atom. The molecular weight excluding hydrogens is 677 g/mol. The van der Waals surface area contributed by atoms with Crippen LogP contribution in [0, 0.1) is 0 Å². The van der Waals surface area contributed by atoms with Crippen molar-refractivity contribution in [3.8, 4) is 5.75 Å². The van der Waals surface area contributed by atoms with Crippen molar-refractivity contribution >= 4 is 64.4 Å². The van der Waals surface area contributed by atoms with E-state index in [1.54, 1.807) is 109 Å². The van der Waals surface area contributed by atoms with Gasteiger partial charge in [0.2, 0.25) is 17.7 Å². The quantitative estimate of drug-likeness (QED) is 0.0933. The number of nitrogens with zero attached hydrogens (tertiary/aromatic N) is 1. The number of anilines is 3. The van der Waals surface area contributed by atoms with E-state index in [-0.39, 0.29) is 29.8 Å². The van der Waals surface area contributed by atoms with Crippen LogP contribution in [-0.2, 0) is 25.8 Å². The summed E-state index contributed by atoms with van der Waals surface area (Å²) in [6, 6.07) is 39.0. The molecule has 0 spiro atoms. The van der Waals surface area contributed by atoms with Gasteiger partial charge in [-0.15, -0.1) is 11.8 Å². The summed E-state index contributed by atoms with van der Waals surface area (Å²) in [5.74, 6) is -1.19. The first-order chi connectivity index (χ1) is 25.2. The van der Waals surface area contributed by atoms with Crippen LogP contribution in [0.15, 0.2) is 144 Å². The van der Waals surface area contributed by atoms with Crippen LogP contribution in [0.3, 0.4) is 0 Å². The van der Waals surface area contributed by atoms with Crippen molar-refractivity contribution < 1.29 is 28.7 Å². The lowest BCUT2D eigenvalue weighted by molar-refractivity contribution is -0.121. The molecule has 5 aromatic carbocycles. The van der Waals surface area contributed by atoms with Crippen LogP contribution >= 0.6 is 11.8 Å². The fraction of sp³-hybridized carbons (Fsp3) is 0.0976. The largest absolute Gasteiger partial charge is 0.489 e. The maximum absolute atomic E-state index is 13.6. The highest BCUT2D eigenvalue weighted by Crippen LogP contribution is 2.35. The molecule has 1 aliphatic rings. The van der Waals surface area contributed by atoms with Crippen LogP contribution in [0.1, 0.15) is 34.8 Å². The summed E-state index contributed by atoms with van der Waals surface area (Å²) in [4.78, 5) is 65.9. The highest BCUT2D eigenvalue weighted by molar-refractivity contribution is 8.00. The third-order valence-electron chi connectivity index (χ3n) is 7.91. The van der Waals surface area contributed by atoms with Crippen LogP contribution in [0.2, 0.25) is 0 Å². The van der Waals surface area contributed by atoms with Crippen molar-refractivity contribution in [2.45, 2.75) is 30.1 Å². The van der Waals surface area contributed by atoms with Crippen LogP contribution in [0.25, 0.3) is 6.08 Å². The molecular formula is C41H34N4O6S. The van der Waals surface area contributed by atoms with Crippen molar-refractivity contribution in [3.05, 3.63) is 156 Å². The molecule has 1 heterocycles. The van der Waals surface area contributed by atoms with Crippen LogP contribution in [0.5, 0.6) is 5.75 Å². The van der Waals surface area contributed by atoms with E-state index in [9.17, 15) is 24.0 Å². The van der Waals surface area contributed by atoms with E-state index in [0.29, 0.717) is 40.5 Å². The molecule has 0 radical (unpaired) electrons. The first-order valence-corrected chi connectivity index (χ1v) is 17.3. The van der Waals surface area contributed by atoms with Crippen molar-refractivity contribution in [1.29, 1.82) is 0 Å². The lowest BCUT2D eigenvalue weighted by atomic mass is 10.1. The average Bonchev–Trinajstić information content (AvgIpc) is 3.44. The van der Waals surface area contributed by atoms with Crippen molar-refractivity contribution in [2.75, 3.05) is 15.5 Å². The normalized spacial score (nSPS) is 14.1. The summed E-state index contributed by atoms with van der Waals surface area (Å²) >= 11 is 1.26. The second-order valence-electron chi connectivity index (χ2n) is 11.8. The summed E-state index contributed by atoms with van der Waals surface area (Å²) in [5, 5.41) is 7.62. The molecule has 6 rings (SSSR count). The van der Waals surface area contributed by atoms with Crippen molar-refractivity contribution in [1.82, 2.24) is 5.32 Å². The standard InChI is InChI=1S/C41H34N4O6S/c1-27(46)42-31-14-18-33(19-15-31)45-38(47)25-37(41(45)50)52-35-22-16-32(17-23-35)43-40(49)36(44-39(48)30-10-6-3-7-11-30)24-28-12-20-34(21-13-28)51-26-29-8-4-2-5-9-29/h2-24,37H,25-26H2,1H3,(H,42,46)(H,43,49)(H,44,48)/b36-24-. The minimum atomic E-state index is -0.624. The zero-order chi connectivity index (χ0) is 36.5. The molecule has 5 amide bonds. The van der Waals surface area contributed by atoms with Gasteiger partial charge in [-0.05, 0) is 90.0 Å². The van der Waals surface area contributed by atoms with Gasteiger partial charge in [-0.25, -0.2) is 4.90 Å². The van der Waals surface area contributed by atoms with E-state index in [2.05, 4.69) is 16.0 Å². The number of amides is 5. The maximum atomic E-state index is 13.6. The third-order valence-corrected chi connectivity index (χ3v) is 9.11. The van der Waals surface area contributed by atoms with Gasteiger partial charge in [-0.1, -0.05) is 60.7 Å². The molecule has 0 bridgehead atoms. The van der Waals surface area contributed by atoms with Gasteiger partial charge in [0.25, 0.3) is 11.8 Å². The van der Waals surface area contributed by atoms with Crippen LogP contribution in [-0.4, -0.2) is 34.8 Å². The Hall–Kier alpha value is -6.46. The predicted molar refractivity (Wildman–Crippen MR) is 202 cm³/mol. The highest BCUT2D eigenvalue weighted by Gasteiger charge is 2.40. The van der Waals surface area contributed by atoms with Gasteiger partial charge in [0.1, 0.15) is 18.1 Å². The molecule has 1 aliphatic heterocycles. The molecule has 52 heavy (non-hydrogen) atoms. The molecule has 1 fully saturated rings. The smallest absolute Gasteiger partial charge is 0.272 e. The summed E-state index contributed by atoms with van der Waals surface area (Å²) in [5.41, 5.74) is 3.60. The molecule has 0 aliphatic carbocycles. The number of carbonyl (C=O) groups excluding carboxylic acids is 5. The first-order valence-electron chi connectivity index (χ1n) is 16.4. The molecule has 3 N–H and O–H groups in total. The van der Waals surface area contributed by atoms with Gasteiger partial charge in [0.05, 0.1) is 10.9 Å². The van der Waals surface area contributed by atoms with Crippen molar-refractivity contribution in [2.24, 2.45) is 0 Å². The molecule has 0 saturated carbocycles. The molecule has 0 aromatic heterocycles. The lowest BCUT2D eigenvalue weighted by Crippen LogP contribution is -2.31. The average molecular weight is 711 g/mol. The Bertz CT molecular complexity index is 2100. The van der Waals surface area contributed by atoms with E-state index >= 15 is 0 Å². The number of rotatable bonds is 12. The van der Waals surface area contributed by atoms with E-state index in [1.807, 2.05) is 30.3 Å². The van der Waals surface area contributed by atoms with E-state index < -0.39 is 17.1 Å². The summed E-state index contributed by atoms with van der Waals surface area (Å²) in [6.45, 7) is 1.81. The molecule has 1 saturated heterocycles. The van der Waals surface area contributed by atoms with E-state index in [1.165, 1.54) is 18.7 Å². The maximum Gasteiger partial charge on any atom is 0.272 e. The van der Waals surface area contributed by atoms with E-state index in [4.69, 9.17) is 4.74 Å². The number of hydrogen-bond acceptors (Lipinski definition) is 7. The SMILES string of the molecule is CC(=O)Nc1ccc(N2C(=O)CC(Sc3ccc(NC(=O)/C(=C/c4ccc(OCc5ccccc5)cc4)NC(=O)c4ccccc4)cc3)C2=O)cc1. The minimum Gasteiger partial charge on any atom is -0.489 e. The van der Waals surface area contributed by atoms with Gasteiger partial charge < -0.3 is 20.7 Å². The third kappa shape index (κ3) is 9.20. The van der Waals surface area contributed by atoms with Gasteiger partial charge in [-0.3, -0.25) is 24.0 Å². The Kier molecular flexibility index (Phi) is 11.2. The Morgan fingerprint density at radius 3 is 2.04 bits per heavy atom. The predicted octanol–water partition coefficient (Wildman–Crippen LogP) is 7.06. The molecule has 1 atom stereocenters. The van der Waals surface area contributed by atoms with Gasteiger partial charge in [0.15, 0.2) is 0 Å². The zero-order valence-corrected chi connectivity index (χ0v) is 28.9. The number of hydrogen-bond donors (Lipinski definition) is 3. The summed E-state index contributed by atoms with van der Waals surface area (Å²) in [7, 11) is 0. The molecule has 10 nitrogen and oxygen atoms in total. The van der Waals surface area contributed by atoms with Crippen molar-refractivity contribution in [3.63, 3.8) is 0 Å². The molecule has 1 unspecified atom stereocenters. The lowest BCUT2D eigenvalue weighted by Gasteiger charge is -2.15. The van der Waals surface area contributed by atoms with Crippen LogP contribution < -0.4 is 25.6 Å². The number of nitrogens with one attached hydrogen (secondary N) is 3. The fourth-order valence-electron chi connectivity index (χ4n) is 5.35. The number of benzene rings is 5. The Morgan fingerprint density at radius 1 is 0.769 bits per heavy atom. The van der Waals surface area contributed by atoms with E-state index in [0.717, 1.165) is 15.4 Å². The fourth-order valence-corrected chi connectivity index (χ4v) is 6.41. The highest BCUT2D eigenvalue weighted by atomic mass is 32.2. The molecule has 11 heteroatoms. The first kappa shape index (κ1) is 35.4. The number of imide groups is 1. The zero-order valence-electron chi connectivity index (χ0n) is 28.1. The van der Waals surface area contributed by atoms with Gasteiger partial charge in [-0.2, -0.15) is 0 Å². The summed E-state index contributed by atoms with van der Waals surface area (Å²) < 4.78 is 5.88. The van der Waals surface area contributed by atoms with Gasteiger partial charge >= 0.3 is 0 Å². The molecule has 5 aromatic rings. The Balaban J connectivity index is 1.11. The number of carbonyl (C=O) groups is 5. The number of ether oxygens (including phenoxy) is 1. The second kappa shape index (κ2) is 16.5. The minimum absolute atomic E-state index is 0.0326. The van der Waals surface area contributed by atoms with Gasteiger partial charge in [0, 0.05) is 35.2 Å². The van der Waals surface area contributed by atoms with Crippen LogP contribution in [0.4, 0.5) is 17.1 Å². The summed E-state index contributed by atoms with van der Waals surface area (Å²) in [6.07, 6.45) is 1.62. The second-order valence-corrected chi connectivity index (χ2v) is 13.1.